The normalized spacial score (nSPS) is 11.0. The van der Waals surface area contributed by atoms with Crippen LogP contribution in [0.25, 0.3) is 0 Å². The lowest BCUT2D eigenvalue weighted by molar-refractivity contribution is 0.414. The van der Waals surface area contributed by atoms with Crippen LogP contribution in [0.5, 0.6) is 5.75 Å². The number of methoxy groups -OCH3 is 1. The number of hydrogen-bond donors (Lipinski definition) is 2. The minimum Gasteiger partial charge on any atom is -0.497 e. The molecular weight excluding hydrogens is 487 g/mol. The topological polar surface area (TPSA) is 76.4 Å². The van der Waals surface area contributed by atoms with Crippen molar-refractivity contribution >= 4 is 41.3 Å². The van der Waals surface area contributed by atoms with Crippen LogP contribution in [0.3, 0.4) is 0 Å². The number of aliphatic imine (C=N–C) groups is 1. The van der Waals surface area contributed by atoms with Crippen molar-refractivity contribution in [2.45, 2.75) is 26.6 Å². The second kappa shape index (κ2) is 11.0. The lowest BCUT2D eigenvalue weighted by Gasteiger charge is -2.13. The summed E-state index contributed by atoms with van der Waals surface area (Å²) < 4.78 is 7.17. The first-order valence-electron chi connectivity index (χ1n) is 8.67. The molecule has 0 aliphatic heterocycles. The number of rotatable bonds is 7. The number of benzene rings is 1. The van der Waals surface area contributed by atoms with E-state index < -0.39 is 0 Å². The maximum atomic E-state index is 5.20. The molecule has 2 aromatic heterocycles. The van der Waals surface area contributed by atoms with Gasteiger partial charge in [0.2, 0.25) is 0 Å². The summed E-state index contributed by atoms with van der Waals surface area (Å²) in [4.78, 5) is 4.69. The average Bonchev–Trinajstić information content (AvgIpc) is 3.33. The first-order chi connectivity index (χ1) is 13.2. The Morgan fingerprint density at radius 2 is 1.86 bits per heavy atom. The molecule has 2 N–H and O–H groups in total. The Labute approximate surface area is 186 Å². The summed E-state index contributed by atoms with van der Waals surface area (Å²) in [6, 6.07) is 10.1. The van der Waals surface area contributed by atoms with Crippen LogP contribution < -0.4 is 15.4 Å². The van der Waals surface area contributed by atoms with Gasteiger partial charge in [-0.1, -0.05) is 12.1 Å². The highest BCUT2D eigenvalue weighted by atomic mass is 127. The first-order valence-corrected chi connectivity index (χ1v) is 9.61. The molecule has 3 rings (SSSR count). The molecule has 0 saturated heterocycles. The molecule has 0 unspecified atom stereocenters. The predicted molar refractivity (Wildman–Crippen MR) is 123 cm³/mol. The SMILES string of the molecule is COc1ccc(CNC(=NCc2ccsc2)NCc2nnc(C)n2C)cc1.I. The molecule has 0 spiro atoms. The summed E-state index contributed by atoms with van der Waals surface area (Å²) in [7, 11) is 3.62. The number of nitrogens with one attached hydrogen (secondary N) is 2. The Bertz CT molecular complexity index is 876. The number of aromatic nitrogens is 3. The molecule has 0 amide bonds. The molecule has 0 aliphatic rings. The van der Waals surface area contributed by atoms with Crippen LogP contribution >= 0.6 is 35.3 Å². The maximum Gasteiger partial charge on any atom is 0.192 e. The van der Waals surface area contributed by atoms with Crippen LogP contribution in [0.4, 0.5) is 0 Å². The number of aryl methyl sites for hydroxylation is 1. The zero-order chi connectivity index (χ0) is 19.1. The van der Waals surface area contributed by atoms with E-state index >= 15 is 0 Å². The second-order valence-electron chi connectivity index (χ2n) is 6.07. The van der Waals surface area contributed by atoms with Crippen LogP contribution in [0.15, 0.2) is 46.1 Å². The highest BCUT2D eigenvalue weighted by molar-refractivity contribution is 14.0. The molecule has 150 valence electrons. The van der Waals surface area contributed by atoms with Gasteiger partial charge < -0.3 is 19.9 Å². The maximum absolute atomic E-state index is 5.20. The number of hydrogen-bond acceptors (Lipinski definition) is 5. The van der Waals surface area contributed by atoms with Gasteiger partial charge in [0.15, 0.2) is 11.8 Å². The molecule has 2 heterocycles. The van der Waals surface area contributed by atoms with Gasteiger partial charge in [0, 0.05) is 13.6 Å². The predicted octanol–water partition coefficient (Wildman–Crippen LogP) is 3.25. The van der Waals surface area contributed by atoms with Gasteiger partial charge >= 0.3 is 0 Å². The molecule has 0 radical (unpaired) electrons. The van der Waals surface area contributed by atoms with E-state index in [4.69, 9.17) is 4.74 Å². The van der Waals surface area contributed by atoms with E-state index in [0.29, 0.717) is 19.6 Å². The molecule has 1 aromatic carbocycles. The van der Waals surface area contributed by atoms with E-state index in [1.807, 2.05) is 42.8 Å². The highest BCUT2D eigenvalue weighted by Gasteiger charge is 2.07. The Kier molecular flexibility index (Phi) is 8.71. The Balaban J connectivity index is 0.00000280. The van der Waals surface area contributed by atoms with Gasteiger partial charge in [-0.05, 0) is 47.0 Å². The summed E-state index contributed by atoms with van der Waals surface area (Å²) in [6.07, 6.45) is 0. The number of guanidine groups is 1. The fourth-order valence-corrected chi connectivity index (χ4v) is 3.08. The summed E-state index contributed by atoms with van der Waals surface area (Å²) >= 11 is 1.68. The van der Waals surface area contributed by atoms with Crippen molar-refractivity contribution in [2.75, 3.05) is 7.11 Å². The van der Waals surface area contributed by atoms with Crippen LogP contribution in [-0.2, 0) is 26.7 Å². The zero-order valence-electron chi connectivity index (χ0n) is 16.2. The van der Waals surface area contributed by atoms with Gasteiger partial charge in [0.25, 0.3) is 0 Å². The van der Waals surface area contributed by atoms with Gasteiger partial charge in [-0.3, -0.25) is 0 Å². The van der Waals surface area contributed by atoms with Crippen LogP contribution in [0, 0.1) is 6.92 Å². The van der Waals surface area contributed by atoms with E-state index in [1.54, 1.807) is 18.4 Å². The van der Waals surface area contributed by atoms with E-state index in [1.165, 1.54) is 5.56 Å². The first kappa shape index (κ1) is 22.2. The summed E-state index contributed by atoms with van der Waals surface area (Å²) in [5.41, 5.74) is 2.34. The molecule has 0 saturated carbocycles. The number of ether oxygens (including phenoxy) is 1. The largest absolute Gasteiger partial charge is 0.497 e. The van der Waals surface area contributed by atoms with Crippen LogP contribution in [-0.4, -0.2) is 27.8 Å². The molecule has 9 heteroatoms. The van der Waals surface area contributed by atoms with Crippen molar-refractivity contribution < 1.29 is 4.74 Å². The van der Waals surface area contributed by atoms with E-state index in [-0.39, 0.29) is 24.0 Å². The minimum atomic E-state index is 0. The van der Waals surface area contributed by atoms with Crippen LogP contribution in [0.1, 0.15) is 22.8 Å². The van der Waals surface area contributed by atoms with E-state index in [0.717, 1.165) is 28.9 Å². The molecule has 0 aliphatic carbocycles. The Morgan fingerprint density at radius 3 is 2.46 bits per heavy atom. The van der Waals surface area contributed by atoms with E-state index in [2.05, 4.69) is 42.6 Å². The van der Waals surface area contributed by atoms with Gasteiger partial charge in [-0.25, -0.2) is 4.99 Å². The monoisotopic (exact) mass is 512 g/mol. The van der Waals surface area contributed by atoms with Crippen molar-refractivity contribution in [3.63, 3.8) is 0 Å². The number of halogens is 1. The van der Waals surface area contributed by atoms with Crippen molar-refractivity contribution in [3.8, 4) is 5.75 Å². The van der Waals surface area contributed by atoms with Crippen molar-refractivity contribution in [1.29, 1.82) is 0 Å². The number of nitrogens with zero attached hydrogens (tertiary/aromatic N) is 4. The van der Waals surface area contributed by atoms with Crippen molar-refractivity contribution in [3.05, 3.63) is 63.9 Å². The quantitative estimate of drug-likeness (QED) is 0.289. The molecule has 0 fully saturated rings. The van der Waals surface area contributed by atoms with Crippen molar-refractivity contribution in [2.24, 2.45) is 12.0 Å². The standard InChI is InChI=1S/C19H24N6OS.HI/c1-14-23-24-18(25(14)2)12-22-19(21-11-16-8-9-27-13-16)20-10-15-4-6-17(26-3)7-5-15;/h4-9,13H,10-12H2,1-3H3,(H2,20,21,22);1H. The number of thiophene rings is 1. The second-order valence-corrected chi connectivity index (χ2v) is 6.85. The molecular formula is C19H25IN6OS. The van der Waals surface area contributed by atoms with Gasteiger partial charge in [0.1, 0.15) is 11.6 Å². The third-order valence-electron chi connectivity index (χ3n) is 4.22. The summed E-state index contributed by atoms with van der Waals surface area (Å²) in [5, 5.41) is 19.2. The lowest BCUT2D eigenvalue weighted by Crippen LogP contribution is -2.37. The molecule has 0 bridgehead atoms. The Morgan fingerprint density at radius 1 is 1.11 bits per heavy atom. The fourth-order valence-electron chi connectivity index (χ4n) is 2.42. The summed E-state index contributed by atoms with van der Waals surface area (Å²) in [5.74, 6) is 3.33. The van der Waals surface area contributed by atoms with Crippen molar-refractivity contribution in [1.82, 2.24) is 25.4 Å². The molecule has 3 aromatic rings. The van der Waals surface area contributed by atoms with E-state index in [9.17, 15) is 0 Å². The zero-order valence-corrected chi connectivity index (χ0v) is 19.3. The lowest BCUT2D eigenvalue weighted by atomic mass is 10.2. The third-order valence-corrected chi connectivity index (χ3v) is 4.95. The molecule has 7 nitrogen and oxygen atoms in total. The highest BCUT2D eigenvalue weighted by Crippen LogP contribution is 2.11. The smallest absolute Gasteiger partial charge is 0.192 e. The molecule has 0 atom stereocenters. The van der Waals surface area contributed by atoms with Crippen LogP contribution in [0.2, 0.25) is 0 Å². The van der Waals surface area contributed by atoms with Gasteiger partial charge in [-0.2, -0.15) is 11.3 Å². The average molecular weight is 512 g/mol. The molecule has 28 heavy (non-hydrogen) atoms. The minimum absolute atomic E-state index is 0. The summed E-state index contributed by atoms with van der Waals surface area (Å²) in [6.45, 7) is 3.77. The third kappa shape index (κ3) is 6.20. The fraction of sp³-hybridized carbons (Fsp3) is 0.316. The van der Waals surface area contributed by atoms with Gasteiger partial charge in [0.05, 0.1) is 20.2 Å². The van der Waals surface area contributed by atoms with Gasteiger partial charge in [-0.15, -0.1) is 34.2 Å². The Hall–Kier alpha value is -2.14.